The minimum absolute atomic E-state index is 0.00712. The van der Waals surface area contributed by atoms with Gasteiger partial charge >= 0.3 is 6.03 Å². The first-order valence-electron chi connectivity index (χ1n) is 12.7. The van der Waals surface area contributed by atoms with E-state index < -0.39 is 6.10 Å². The first-order chi connectivity index (χ1) is 15.6. The van der Waals surface area contributed by atoms with Gasteiger partial charge in [0.15, 0.2) is 0 Å². The Bertz CT molecular complexity index is 666. The molecule has 0 radical (unpaired) electrons. The van der Waals surface area contributed by atoms with Crippen LogP contribution in [0.1, 0.15) is 70.0 Å². The van der Waals surface area contributed by atoms with Gasteiger partial charge in [-0.3, -0.25) is 0 Å². The van der Waals surface area contributed by atoms with Crippen molar-refractivity contribution < 1.29 is 14.6 Å². The zero-order valence-electron chi connectivity index (χ0n) is 20.0. The van der Waals surface area contributed by atoms with Crippen molar-refractivity contribution in [2.24, 2.45) is 11.8 Å². The Hall–Kier alpha value is -1.63. The summed E-state index contributed by atoms with van der Waals surface area (Å²) < 4.78 is 6.27. The maximum atomic E-state index is 13.2. The molecule has 1 saturated heterocycles. The van der Waals surface area contributed by atoms with Crippen LogP contribution in [0.4, 0.5) is 4.79 Å². The Morgan fingerprint density at radius 1 is 1.12 bits per heavy atom. The first kappa shape index (κ1) is 25.0. The van der Waals surface area contributed by atoms with Crippen molar-refractivity contribution in [2.75, 3.05) is 33.3 Å². The number of hydrogen-bond acceptors (Lipinski definition) is 4. The smallest absolute Gasteiger partial charge is 0.317 e. The number of benzene rings is 1. The number of aliphatic hydroxyl groups is 1. The molecular weight excluding hydrogens is 402 g/mol. The number of urea groups is 1. The van der Waals surface area contributed by atoms with Crippen LogP contribution in [-0.4, -0.2) is 61.5 Å². The van der Waals surface area contributed by atoms with Crippen LogP contribution in [0, 0.1) is 11.8 Å². The molecule has 1 aromatic rings. The summed E-state index contributed by atoms with van der Waals surface area (Å²) >= 11 is 0. The highest BCUT2D eigenvalue weighted by molar-refractivity contribution is 5.74. The molecule has 0 aromatic heterocycles. The summed E-state index contributed by atoms with van der Waals surface area (Å²) in [4.78, 5) is 15.2. The lowest BCUT2D eigenvalue weighted by Gasteiger charge is -2.39. The molecule has 0 bridgehead atoms. The van der Waals surface area contributed by atoms with Crippen LogP contribution in [0.15, 0.2) is 30.3 Å². The van der Waals surface area contributed by atoms with E-state index in [1.807, 2.05) is 18.0 Å². The highest BCUT2D eigenvalue weighted by atomic mass is 16.5. The van der Waals surface area contributed by atoms with Gasteiger partial charge < -0.3 is 25.4 Å². The third kappa shape index (κ3) is 6.93. The number of aliphatic hydroxyl groups excluding tert-OH is 1. The number of ether oxygens (including phenoxy) is 1. The van der Waals surface area contributed by atoms with Gasteiger partial charge in [-0.05, 0) is 50.6 Å². The summed E-state index contributed by atoms with van der Waals surface area (Å²) in [6, 6.07) is 10.1. The fraction of sp³-hybridized carbons (Fsp3) is 0.731. The molecule has 3 N–H and O–H groups in total. The molecule has 2 amide bonds. The normalized spacial score (nSPS) is 22.8. The number of likely N-dealkylation sites (N-methyl/N-ethyl adjacent to an activating group) is 1. The first-order valence-corrected chi connectivity index (χ1v) is 12.7. The number of rotatable bonds is 10. The molecule has 1 aromatic carbocycles. The number of likely N-dealkylation sites (tertiary alicyclic amines) is 1. The minimum Gasteiger partial charge on any atom is -0.391 e. The predicted molar refractivity (Wildman–Crippen MR) is 129 cm³/mol. The van der Waals surface area contributed by atoms with Crippen LogP contribution in [0.3, 0.4) is 0 Å². The van der Waals surface area contributed by atoms with E-state index >= 15 is 0 Å². The largest absolute Gasteiger partial charge is 0.391 e. The second kappa shape index (κ2) is 13.2. The van der Waals surface area contributed by atoms with E-state index in [1.54, 1.807) is 0 Å². The molecule has 0 spiro atoms. The highest BCUT2D eigenvalue weighted by Crippen LogP contribution is 2.33. The van der Waals surface area contributed by atoms with Gasteiger partial charge in [-0.1, -0.05) is 56.5 Å². The topological polar surface area (TPSA) is 73.8 Å². The average molecular weight is 446 g/mol. The van der Waals surface area contributed by atoms with Crippen LogP contribution < -0.4 is 10.6 Å². The Labute approximate surface area is 194 Å². The van der Waals surface area contributed by atoms with Gasteiger partial charge in [-0.15, -0.1) is 0 Å². The Morgan fingerprint density at radius 3 is 2.53 bits per heavy atom. The van der Waals surface area contributed by atoms with Crippen molar-refractivity contribution in [3.05, 3.63) is 35.9 Å². The molecule has 1 heterocycles. The molecule has 1 aliphatic carbocycles. The fourth-order valence-electron chi connectivity index (χ4n) is 5.36. The number of hydrogen-bond donors (Lipinski definition) is 3. The maximum absolute atomic E-state index is 13.2. The molecule has 2 aliphatic rings. The van der Waals surface area contributed by atoms with Crippen LogP contribution >= 0.6 is 0 Å². The molecule has 4 atom stereocenters. The predicted octanol–water partition coefficient (Wildman–Crippen LogP) is 4.11. The quantitative estimate of drug-likeness (QED) is 0.507. The molecule has 180 valence electrons. The molecule has 3 rings (SSSR count). The molecule has 6 heteroatoms. The SMILES string of the molecule is CCCO[C@@H](c1ccccc1)[C@@H]1CCCN(C(=O)N[C@H](CNC)[C@@H](O)C2CCCCC2)C1. The molecule has 2 fully saturated rings. The molecule has 1 saturated carbocycles. The second-order valence-electron chi connectivity index (χ2n) is 9.55. The van der Waals surface area contributed by atoms with Gasteiger partial charge in [0.1, 0.15) is 0 Å². The molecule has 0 unspecified atom stereocenters. The van der Waals surface area contributed by atoms with Crippen molar-refractivity contribution in [1.29, 1.82) is 0 Å². The summed E-state index contributed by atoms with van der Waals surface area (Å²) in [5.74, 6) is 0.552. The van der Waals surface area contributed by atoms with E-state index in [0.717, 1.165) is 45.3 Å². The highest BCUT2D eigenvalue weighted by Gasteiger charge is 2.34. The van der Waals surface area contributed by atoms with Crippen LogP contribution in [-0.2, 0) is 4.74 Å². The summed E-state index contributed by atoms with van der Waals surface area (Å²) in [6.45, 7) is 4.86. The second-order valence-corrected chi connectivity index (χ2v) is 9.55. The third-order valence-corrected chi connectivity index (χ3v) is 7.08. The van der Waals surface area contributed by atoms with Crippen molar-refractivity contribution in [3.8, 4) is 0 Å². The monoisotopic (exact) mass is 445 g/mol. The summed E-state index contributed by atoms with van der Waals surface area (Å²) in [7, 11) is 1.87. The molecule has 32 heavy (non-hydrogen) atoms. The van der Waals surface area contributed by atoms with Crippen molar-refractivity contribution >= 4 is 6.03 Å². The number of piperidine rings is 1. The van der Waals surface area contributed by atoms with Gasteiger partial charge in [-0.25, -0.2) is 4.79 Å². The van der Waals surface area contributed by atoms with E-state index in [-0.39, 0.29) is 30.0 Å². The molecule has 6 nitrogen and oxygen atoms in total. The lowest BCUT2D eigenvalue weighted by molar-refractivity contribution is -0.0107. The van der Waals surface area contributed by atoms with Crippen molar-refractivity contribution in [2.45, 2.75) is 76.5 Å². The number of amides is 2. The van der Waals surface area contributed by atoms with Gasteiger partial charge in [0.05, 0.1) is 18.2 Å². The van der Waals surface area contributed by atoms with E-state index in [1.165, 1.54) is 24.8 Å². The summed E-state index contributed by atoms with van der Waals surface area (Å²) in [5, 5.41) is 17.3. The molecule has 1 aliphatic heterocycles. The van der Waals surface area contributed by atoms with E-state index in [4.69, 9.17) is 4.74 Å². The van der Waals surface area contributed by atoms with Crippen molar-refractivity contribution in [3.63, 3.8) is 0 Å². The number of carbonyl (C=O) groups is 1. The average Bonchev–Trinajstić information content (AvgIpc) is 2.85. The number of carbonyl (C=O) groups excluding carboxylic acids is 1. The van der Waals surface area contributed by atoms with Gasteiger partial charge in [0.25, 0.3) is 0 Å². The number of nitrogens with one attached hydrogen (secondary N) is 2. The standard InChI is InChI=1S/C26H43N3O3/c1-3-17-32-25(21-13-8-5-9-14-21)22-15-10-16-29(19-22)26(31)28-23(18-27-2)24(30)20-11-6-4-7-12-20/h5,8-9,13-14,20,22-25,27,30H,3-4,6-7,10-12,15-19H2,1-2H3,(H,28,31)/t22-,23-,24+,25+/m1/s1. The Balaban J connectivity index is 1.63. The minimum atomic E-state index is -0.503. The fourth-order valence-corrected chi connectivity index (χ4v) is 5.36. The van der Waals surface area contributed by atoms with Crippen molar-refractivity contribution in [1.82, 2.24) is 15.5 Å². The van der Waals surface area contributed by atoms with E-state index in [9.17, 15) is 9.90 Å². The van der Waals surface area contributed by atoms with Gasteiger partial charge in [0, 0.05) is 32.2 Å². The zero-order chi connectivity index (χ0) is 22.8. The van der Waals surface area contributed by atoms with Crippen LogP contribution in [0.5, 0.6) is 0 Å². The molecular formula is C26H43N3O3. The Morgan fingerprint density at radius 2 is 1.84 bits per heavy atom. The van der Waals surface area contributed by atoms with E-state index in [2.05, 4.69) is 41.8 Å². The summed E-state index contributed by atoms with van der Waals surface area (Å²) in [5.41, 5.74) is 1.19. The van der Waals surface area contributed by atoms with Crippen LogP contribution in [0.2, 0.25) is 0 Å². The van der Waals surface area contributed by atoms with Gasteiger partial charge in [-0.2, -0.15) is 0 Å². The van der Waals surface area contributed by atoms with Crippen LogP contribution in [0.25, 0.3) is 0 Å². The number of nitrogens with zero attached hydrogens (tertiary/aromatic N) is 1. The third-order valence-electron chi connectivity index (χ3n) is 7.08. The zero-order valence-corrected chi connectivity index (χ0v) is 20.0. The maximum Gasteiger partial charge on any atom is 0.317 e. The summed E-state index contributed by atoms with van der Waals surface area (Å²) in [6.07, 6.45) is 8.21. The lowest BCUT2D eigenvalue weighted by atomic mass is 9.82. The Kier molecular flexibility index (Phi) is 10.3. The van der Waals surface area contributed by atoms with E-state index in [0.29, 0.717) is 13.1 Å². The lowest BCUT2D eigenvalue weighted by Crippen LogP contribution is -2.56. The van der Waals surface area contributed by atoms with Gasteiger partial charge in [0.2, 0.25) is 0 Å².